The van der Waals surface area contributed by atoms with Gasteiger partial charge in [-0.25, -0.2) is 4.79 Å². The number of hydrogen-bond donors (Lipinski definition) is 0. The van der Waals surface area contributed by atoms with Gasteiger partial charge in [0.25, 0.3) is 0 Å². The third-order valence-corrected chi connectivity index (χ3v) is 4.21. The summed E-state index contributed by atoms with van der Waals surface area (Å²) in [5.41, 5.74) is 2.13. The fraction of sp³-hybridized carbons (Fsp3) is 0.529. The predicted molar refractivity (Wildman–Crippen MR) is 79.0 cm³/mol. The molecule has 1 aromatic rings. The third-order valence-electron chi connectivity index (χ3n) is 4.21. The number of likely N-dealkylation sites (N-methyl/N-ethyl adjacent to an activating group) is 1. The summed E-state index contributed by atoms with van der Waals surface area (Å²) in [5, 5.41) is 0. The maximum atomic E-state index is 11.5. The Kier molecular flexibility index (Phi) is 4.57. The molecule has 1 aliphatic carbocycles. The summed E-state index contributed by atoms with van der Waals surface area (Å²) in [5.74, 6) is 2.27. The van der Waals surface area contributed by atoms with Gasteiger partial charge in [-0.05, 0) is 32.5 Å². The number of carbonyl (C=O) groups excluding carboxylic acids is 1. The van der Waals surface area contributed by atoms with E-state index in [0.717, 1.165) is 18.4 Å². The van der Waals surface area contributed by atoms with Crippen molar-refractivity contribution in [1.82, 2.24) is 4.90 Å². The Hall–Kier alpha value is -1.37. The van der Waals surface area contributed by atoms with E-state index in [1.165, 1.54) is 24.8 Å². The minimum atomic E-state index is -0.0778. The van der Waals surface area contributed by atoms with Gasteiger partial charge in [-0.15, -0.1) is 0 Å². The first kappa shape index (κ1) is 14.0. The van der Waals surface area contributed by atoms with Crippen LogP contribution in [0.2, 0.25) is 0 Å². The van der Waals surface area contributed by atoms with E-state index in [2.05, 4.69) is 35.1 Å². The Morgan fingerprint density at radius 3 is 2.32 bits per heavy atom. The van der Waals surface area contributed by atoms with Crippen molar-refractivity contribution in [3.63, 3.8) is 0 Å². The molecule has 0 aliphatic heterocycles. The zero-order chi connectivity index (χ0) is 13.7. The summed E-state index contributed by atoms with van der Waals surface area (Å²) in [7, 11) is 4.03. The second kappa shape index (κ2) is 6.18. The largest absolute Gasteiger partial charge is 0.305 e. The molecule has 0 spiro atoms. The Morgan fingerprint density at radius 2 is 1.79 bits per heavy atom. The Balaban J connectivity index is 2.42. The Labute approximate surface area is 116 Å². The Morgan fingerprint density at radius 1 is 1.16 bits per heavy atom. The van der Waals surface area contributed by atoms with Crippen LogP contribution in [0, 0.1) is 0 Å². The maximum Gasteiger partial charge on any atom is 0.125 e. The van der Waals surface area contributed by atoms with E-state index in [0.29, 0.717) is 6.54 Å². The van der Waals surface area contributed by atoms with Gasteiger partial charge in [0.1, 0.15) is 5.94 Å². The van der Waals surface area contributed by atoms with Gasteiger partial charge in [-0.1, -0.05) is 49.6 Å². The zero-order valence-corrected chi connectivity index (χ0v) is 12.0. The SMILES string of the molecule is CN(C)CC(=C=O)C1(c2ccccc2)CCCCC1. The van der Waals surface area contributed by atoms with E-state index in [9.17, 15) is 4.79 Å². The highest BCUT2D eigenvalue weighted by atomic mass is 16.1. The number of rotatable bonds is 4. The molecule has 19 heavy (non-hydrogen) atoms. The van der Waals surface area contributed by atoms with Crippen LogP contribution in [0.4, 0.5) is 0 Å². The maximum absolute atomic E-state index is 11.5. The minimum absolute atomic E-state index is 0.0778. The standard InChI is InChI=1S/C17H23NO/c1-18(2)13-16(14-19)17(11-7-4-8-12-17)15-9-5-3-6-10-15/h3,5-6,9-10H,4,7-8,11-13H2,1-2H3. The van der Waals surface area contributed by atoms with E-state index in [-0.39, 0.29) is 5.41 Å². The van der Waals surface area contributed by atoms with E-state index >= 15 is 0 Å². The molecule has 0 radical (unpaired) electrons. The molecule has 2 heteroatoms. The lowest BCUT2D eigenvalue weighted by Crippen LogP contribution is -2.36. The number of nitrogens with zero attached hydrogens (tertiary/aromatic N) is 1. The van der Waals surface area contributed by atoms with E-state index in [1.807, 2.05) is 20.2 Å². The summed E-state index contributed by atoms with van der Waals surface area (Å²) in [6.07, 6.45) is 5.84. The first-order valence-corrected chi connectivity index (χ1v) is 7.14. The van der Waals surface area contributed by atoms with Crippen molar-refractivity contribution in [2.24, 2.45) is 0 Å². The first-order chi connectivity index (χ1) is 9.19. The van der Waals surface area contributed by atoms with Crippen molar-refractivity contribution in [2.45, 2.75) is 37.5 Å². The lowest BCUT2D eigenvalue weighted by molar-refractivity contribution is 0.312. The molecule has 0 atom stereocenters. The molecular weight excluding hydrogens is 234 g/mol. The predicted octanol–water partition coefficient (Wildman–Crippen LogP) is 3.21. The average molecular weight is 257 g/mol. The molecule has 1 saturated carbocycles. The molecule has 2 nitrogen and oxygen atoms in total. The third kappa shape index (κ3) is 2.97. The highest BCUT2D eigenvalue weighted by Crippen LogP contribution is 2.44. The van der Waals surface area contributed by atoms with Gasteiger partial charge in [0.2, 0.25) is 0 Å². The summed E-state index contributed by atoms with van der Waals surface area (Å²) < 4.78 is 0. The van der Waals surface area contributed by atoms with E-state index in [1.54, 1.807) is 0 Å². The van der Waals surface area contributed by atoms with Crippen molar-refractivity contribution in [3.8, 4) is 0 Å². The van der Waals surface area contributed by atoms with Gasteiger partial charge >= 0.3 is 0 Å². The van der Waals surface area contributed by atoms with Crippen LogP contribution in [0.25, 0.3) is 0 Å². The summed E-state index contributed by atoms with van der Waals surface area (Å²) in [4.78, 5) is 13.6. The average Bonchev–Trinajstić information content (AvgIpc) is 2.46. The van der Waals surface area contributed by atoms with E-state index in [4.69, 9.17) is 0 Å². The second-order valence-electron chi connectivity index (χ2n) is 5.83. The minimum Gasteiger partial charge on any atom is -0.305 e. The van der Waals surface area contributed by atoms with Crippen LogP contribution < -0.4 is 0 Å². The molecule has 0 amide bonds. The van der Waals surface area contributed by atoms with Crippen LogP contribution in [0.15, 0.2) is 35.9 Å². The van der Waals surface area contributed by atoms with Gasteiger partial charge in [-0.2, -0.15) is 0 Å². The van der Waals surface area contributed by atoms with Crippen LogP contribution in [-0.2, 0) is 10.2 Å². The molecule has 1 aromatic carbocycles. The first-order valence-electron chi connectivity index (χ1n) is 7.14. The lowest BCUT2D eigenvalue weighted by Gasteiger charge is -2.39. The lowest BCUT2D eigenvalue weighted by atomic mass is 9.65. The molecule has 102 valence electrons. The second-order valence-corrected chi connectivity index (χ2v) is 5.83. The number of benzene rings is 1. The monoisotopic (exact) mass is 257 g/mol. The summed E-state index contributed by atoms with van der Waals surface area (Å²) >= 11 is 0. The molecule has 0 saturated heterocycles. The van der Waals surface area contributed by atoms with Gasteiger partial charge in [0, 0.05) is 17.5 Å². The molecule has 0 aromatic heterocycles. The van der Waals surface area contributed by atoms with Crippen LogP contribution in [-0.4, -0.2) is 31.5 Å². The van der Waals surface area contributed by atoms with Crippen LogP contribution in [0.5, 0.6) is 0 Å². The Bertz CT molecular complexity index is 451. The van der Waals surface area contributed by atoms with Gasteiger partial charge in [0.05, 0.1) is 0 Å². The quantitative estimate of drug-likeness (QED) is 0.772. The highest BCUT2D eigenvalue weighted by molar-refractivity contribution is 5.60. The van der Waals surface area contributed by atoms with Crippen molar-refractivity contribution >= 4 is 5.94 Å². The fourth-order valence-corrected chi connectivity index (χ4v) is 3.27. The summed E-state index contributed by atoms with van der Waals surface area (Å²) in [6.45, 7) is 0.707. The molecule has 1 aliphatic rings. The van der Waals surface area contributed by atoms with Crippen molar-refractivity contribution < 1.29 is 4.79 Å². The number of hydrogen-bond acceptors (Lipinski definition) is 2. The van der Waals surface area contributed by atoms with Crippen LogP contribution in [0.1, 0.15) is 37.7 Å². The summed E-state index contributed by atoms with van der Waals surface area (Å²) in [6, 6.07) is 10.5. The van der Waals surface area contributed by atoms with Crippen LogP contribution >= 0.6 is 0 Å². The van der Waals surface area contributed by atoms with Crippen LogP contribution in [0.3, 0.4) is 0 Å². The van der Waals surface area contributed by atoms with E-state index < -0.39 is 0 Å². The highest BCUT2D eigenvalue weighted by Gasteiger charge is 2.38. The molecule has 1 fully saturated rings. The van der Waals surface area contributed by atoms with Crippen molar-refractivity contribution in [2.75, 3.05) is 20.6 Å². The topological polar surface area (TPSA) is 20.3 Å². The van der Waals surface area contributed by atoms with Crippen molar-refractivity contribution in [1.29, 1.82) is 0 Å². The molecule has 0 heterocycles. The molecular formula is C17H23NO. The molecule has 0 bridgehead atoms. The smallest absolute Gasteiger partial charge is 0.125 e. The molecule has 0 N–H and O–H groups in total. The van der Waals surface area contributed by atoms with Gasteiger partial charge in [0.15, 0.2) is 0 Å². The normalized spacial score (nSPS) is 18.1. The fourth-order valence-electron chi connectivity index (χ4n) is 3.27. The van der Waals surface area contributed by atoms with Gasteiger partial charge < -0.3 is 4.90 Å². The zero-order valence-electron chi connectivity index (χ0n) is 12.0. The molecule has 2 rings (SSSR count). The molecule has 0 unspecified atom stereocenters. The van der Waals surface area contributed by atoms with Gasteiger partial charge in [-0.3, -0.25) is 0 Å². The van der Waals surface area contributed by atoms with Crippen molar-refractivity contribution in [3.05, 3.63) is 41.5 Å².